The first-order valence-electron chi connectivity index (χ1n) is 6.33. The fourth-order valence-corrected chi connectivity index (χ4v) is 2.72. The van der Waals surface area contributed by atoms with Crippen molar-refractivity contribution in [2.24, 2.45) is 0 Å². The Bertz CT molecular complexity index is 491. The van der Waals surface area contributed by atoms with Gasteiger partial charge < -0.3 is 4.57 Å². The SMILES string of the molecule is CCn1c(Cc2ccccc2)nnc1SC(C)C. The van der Waals surface area contributed by atoms with E-state index in [0.29, 0.717) is 5.25 Å². The van der Waals surface area contributed by atoms with Gasteiger partial charge in [0, 0.05) is 18.2 Å². The molecule has 0 fully saturated rings. The fraction of sp³-hybridized carbons (Fsp3) is 0.429. The molecule has 96 valence electrons. The van der Waals surface area contributed by atoms with Crippen molar-refractivity contribution >= 4 is 11.8 Å². The molecule has 0 saturated carbocycles. The summed E-state index contributed by atoms with van der Waals surface area (Å²) in [4.78, 5) is 0. The van der Waals surface area contributed by atoms with Crippen LogP contribution in [-0.2, 0) is 13.0 Å². The van der Waals surface area contributed by atoms with Crippen molar-refractivity contribution in [3.63, 3.8) is 0 Å². The van der Waals surface area contributed by atoms with Gasteiger partial charge in [-0.2, -0.15) is 0 Å². The molecule has 1 aromatic heterocycles. The van der Waals surface area contributed by atoms with Gasteiger partial charge in [0.1, 0.15) is 5.82 Å². The van der Waals surface area contributed by atoms with Crippen LogP contribution in [0.5, 0.6) is 0 Å². The molecule has 0 bridgehead atoms. The molecular formula is C14H19N3S. The molecule has 0 spiro atoms. The summed E-state index contributed by atoms with van der Waals surface area (Å²) in [5.41, 5.74) is 1.28. The lowest BCUT2D eigenvalue weighted by atomic mass is 10.1. The highest BCUT2D eigenvalue weighted by Gasteiger charge is 2.12. The third-order valence-corrected chi connectivity index (χ3v) is 3.64. The molecule has 0 atom stereocenters. The van der Waals surface area contributed by atoms with Crippen LogP contribution in [-0.4, -0.2) is 20.0 Å². The van der Waals surface area contributed by atoms with Crippen LogP contribution >= 0.6 is 11.8 Å². The first-order valence-corrected chi connectivity index (χ1v) is 7.21. The Morgan fingerprint density at radius 3 is 2.50 bits per heavy atom. The zero-order valence-corrected chi connectivity index (χ0v) is 11.9. The Labute approximate surface area is 113 Å². The van der Waals surface area contributed by atoms with Gasteiger partial charge in [0.2, 0.25) is 0 Å². The van der Waals surface area contributed by atoms with Gasteiger partial charge in [-0.05, 0) is 12.5 Å². The van der Waals surface area contributed by atoms with E-state index in [1.165, 1.54) is 5.56 Å². The largest absolute Gasteiger partial charge is 0.306 e. The summed E-state index contributed by atoms with van der Waals surface area (Å²) in [5, 5.41) is 10.2. The van der Waals surface area contributed by atoms with Crippen molar-refractivity contribution in [2.75, 3.05) is 0 Å². The molecule has 0 aliphatic carbocycles. The van der Waals surface area contributed by atoms with E-state index in [-0.39, 0.29) is 0 Å². The molecule has 1 heterocycles. The fourth-order valence-electron chi connectivity index (χ4n) is 1.84. The predicted octanol–water partition coefficient (Wildman–Crippen LogP) is 3.39. The molecule has 0 aliphatic rings. The smallest absolute Gasteiger partial charge is 0.191 e. The molecule has 0 amide bonds. The lowest BCUT2D eigenvalue weighted by molar-refractivity contribution is 0.650. The topological polar surface area (TPSA) is 30.7 Å². The van der Waals surface area contributed by atoms with Crippen LogP contribution in [0.3, 0.4) is 0 Å². The minimum Gasteiger partial charge on any atom is -0.306 e. The summed E-state index contributed by atoms with van der Waals surface area (Å²) >= 11 is 1.77. The Morgan fingerprint density at radius 2 is 1.89 bits per heavy atom. The first kappa shape index (κ1) is 13.1. The summed E-state index contributed by atoms with van der Waals surface area (Å²) in [6.07, 6.45) is 0.848. The van der Waals surface area contributed by atoms with Crippen LogP contribution in [0.15, 0.2) is 35.5 Å². The molecule has 1 aromatic carbocycles. The first-order chi connectivity index (χ1) is 8.70. The van der Waals surface area contributed by atoms with Crippen molar-refractivity contribution in [2.45, 2.75) is 44.1 Å². The highest BCUT2D eigenvalue weighted by Crippen LogP contribution is 2.22. The molecule has 0 aliphatic heterocycles. The highest BCUT2D eigenvalue weighted by atomic mass is 32.2. The normalized spacial score (nSPS) is 11.1. The number of rotatable bonds is 5. The number of hydrogen-bond acceptors (Lipinski definition) is 3. The van der Waals surface area contributed by atoms with Gasteiger partial charge in [0.05, 0.1) is 0 Å². The quantitative estimate of drug-likeness (QED) is 0.773. The Hall–Kier alpha value is -1.29. The van der Waals surface area contributed by atoms with E-state index in [2.05, 4.69) is 59.8 Å². The average Bonchev–Trinajstić information content (AvgIpc) is 2.72. The maximum absolute atomic E-state index is 4.33. The van der Waals surface area contributed by atoms with E-state index < -0.39 is 0 Å². The van der Waals surface area contributed by atoms with E-state index in [9.17, 15) is 0 Å². The van der Waals surface area contributed by atoms with Gasteiger partial charge in [0.15, 0.2) is 5.16 Å². The second-order valence-electron chi connectivity index (χ2n) is 4.47. The Kier molecular flexibility index (Phi) is 4.42. The van der Waals surface area contributed by atoms with Crippen LogP contribution in [0.4, 0.5) is 0 Å². The van der Waals surface area contributed by atoms with Crippen molar-refractivity contribution in [3.8, 4) is 0 Å². The second-order valence-corrected chi connectivity index (χ2v) is 6.02. The van der Waals surface area contributed by atoms with E-state index in [1.54, 1.807) is 11.8 Å². The van der Waals surface area contributed by atoms with Crippen molar-refractivity contribution in [3.05, 3.63) is 41.7 Å². The van der Waals surface area contributed by atoms with Crippen LogP contribution in [0.25, 0.3) is 0 Å². The molecule has 0 radical (unpaired) electrons. The van der Waals surface area contributed by atoms with Gasteiger partial charge in [-0.3, -0.25) is 0 Å². The predicted molar refractivity (Wildman–Crippen MR) is 75.9 cm³/mol. The summed E-state index contributed by atoms with van der Waals surface area (Å²) in [6.45, 7) is 7.42. The van der Waals surface area contributed by atoms with Crippen LogP contribution in [0.2, 0.25) is 0 Å². The zero-order chi connectivity index (χ0) is 13.0. The van der Waals surface area contributed by atoms with Crippen molar-refractivity contribution in [1.29, 1.82) is 0 Å². The zero-order valence-electron chi connectivity index (χ0n) is 11.1. The van der Waals surface area contributed by atoms with Gasteiger partial charge in [-0.15, -0.1) is 10.2 Å². The summed E-state index contributed by atoms with van der Waals surface area (Å²) in [7, 11) is 0. The molecule has 2 aromatic rings. The lowest BCUT2D eigenvalue weighted by Gasteiger charge is -2.08. The molecule has 2 rings (SSSR count). The maximum atomic E-state index is 4.33. The minimum absolute atomic E-state index is 0.532. The van der Waals surface area contributed by atoms with Crippen molar-refractivity contribution in [1.82, 2.24) is 14.8 Å². The van der Waals surface area contributed by atoms with Gasteiger partial charge >= 0.3 is 0 Å². The van der Waals surface area contributed by atoms with E-state index in [0.717, 1.165) is 23.9 Å². The van der Waals surface area contributed by atoms with Crippen LogP contribution < -0.4 is 0 Å². The molecule has 0 saturated heterocycles. The molecule has 18 heavy (non-hydrogen) atoms. The lowest BCUT2D eigenvalue weighted by Crippen LogP contribution is -2.05. The van der Waals surface area contributed by atoms with Gasteiger partial charge in [-0.1, -0.05) is 55.9 Å². The van der Waals surface area contributed by atoms with E-state index in [1.807, 2.05) is 6.07 Å². The molecule has 3 nitrogen and oxygen atoms in total. The van der Waals surface area contributed by atoms with E-state index >= 15 is 0 Å². The molecule has 0 unspecified atom stereocenters. The number of aromatic nitrogens is 3. The van der Waals surface area contributed by atoms with Crippen molar-refractivity contribution < 1.29 is 0 Å². The average molecular weight is 261 g/mol. The van der Waals surface area contributed by atoms with Gasteiger partial charge in [0.25, 0.3) is 0 Å². The van der Waals surface area contributed by atoms with E-state index in [4.69, 9.17) is 0 Å². The summed E-state index contributed by atoms with van der Waals surface area (Å²) in [6, 6.07) is 10.4. The highest BCUT2D eigenvalue weighted by molar-refractivity contribution is 7.99. The summed E-state index contributed by atoms with van der Waals surface area (Å²) in [5.74, 6) is 1.05. The molecule has 4 heteroatoms. The Morgan fingerprint density at radius 1 is 1.17 bits per heavy atom. The second kappa shape index (κ2) is 6.05. The number of hydrogen-bond donors (Lipinski definition) is 0. The Balaban J connectivity index is 2.21. The maximum Gasteiger partial charge on any atom is 0.191 e. The minimum atomic E-state index is 0.532. The third kappa shape index (κ3) is 3.13. The van der Waals surface area contributed by atoms with Gasteiger partial charge in [-0.25, -0.2) is 0 Å². The third-order valence-electron chi connectivity index (χ3n) is 2.66. The number of thioether (sulfide) groups is 1. The number of benzene rings is 1. The van der Waals surface area contributed by atoms with Crippen LogP contribution in [0, 0.1) is 0 Å². The number of nitrogens with zero attached hydrogens (tertiary/aromatic N) is 3. The summed E-state index contributed by atoms with van der Waals surface area (Å²) < 4.78 is 2.21. The standard InChI is InChI=1S/C14H19N3S/c1-4-17-13(10-12-8-6-5-7-9-12)15-16-14(17)18-11(2)3/h5-9,11H,4,10H2,1-3H3. The molecular weight excluding hydrogens is 242 g/mol. The van der Waals surface area contributed by atoms with Crippen LogP contribution in [0.1, 0.15) is 32.2 Å². The monoisotopic (exact) mass is 261 g/mol. The molecule has 0 N–H and O–H groups in total.